The first-order valence-corrected chi connectivity index (χ1v) is 23.4. The molecule has 0 saturated heterocycles. The molecule has 0 radical (unpaired) electrons. The first-order valence-electron chi connectivity index (χ1n) is 16.4. The van der Waals surface area contributed by atoms with Gasteiger partial charge in [-0.05, 0) is 16.8 Å². The molecule has 1 heterocycles. The van der Waals surface area contributed by atoms with E-state index in [0.717, 1.165) is 0 Å². The number of halogens is 15. The molecule has 56 heavy (non-hydrogen) atoms. The Morgan fingerprint density at radius 2 is 0.750 bits per heavy atom. The molecular formula is C37H25BF15NSi2. The number of aromatic nitrogens is 1. The third kappa shape index (κ3) is 5.69. The van der Waals surface area contributed by atoms with E-state index in [4.69, 9.17) is 0 Å². The van der Waals surface area contributed by atoms with Crippen LogP contribution in [0.4, 0.5) is 65.9 Å². The Hall–Kier alpha value is -4.65. The zero-order chi connectivity index (χ0) is 42.0. The van der Waals surface area contributed by atoms with Crippen LogP contribution in [0.25, 0.3) is 32.9 Å². The van der Waals surface area contributed by atoms with Crippen LogP contribution in [0.3, 0.4) is 0 Å². The van der Waals surface area contributed by atoms with Crippen molar-refractivity contribution in [2.45, 2.75) is 39.3 Å². The monoisotopic (exact) mass is 835 g/mol. The number of benzene rings is 5. The fraction of sp³-hybridized carbons (Fsp3) is 0.189. The lowest BCUT2D eigenvalue weighted by Gasteiger charge is -2.35. The molecule has 0 N–H and O–H groups in total. The molecule has 0 amide bonds. The summed E-state index contributed by atoms with van der Waals surface area (Å²) in [6.07, 6.45) is 0. The molecule has 1 aromatic heterocycles. The predicted molar refractivity (Wildman–Crippen MR) is 189 cm³/mol. The second-order valence-electron chi connectivity index (χ2n) is 15.2. The lowest BCUT2D eigenvalue weighted by Crippen LogP contribution is -2.67. The van der Waals surface area contributed by atoms with Crippen LogP contribution in [0.5, 0.6) is 0 Å². The molecular weight excluding hydrogens is 810 g/mol. The maximum Gasteiger partial charge on any atom is 0.257 e. The average Bonchev–Trinajstić information content (AvgIpc) is 3.42. The number of rotatable bonds is 6. The smallest absolute Gasteiger partial charge is 0.257 e. The highest BCUT2D eigenvalue weighted by atomic mass is 28.3. The Morgan fingerprint density at radius 1 is 0.411 bits per heavy atom. The van der Waals surface area contributed by atoms with E-state index < -0.39 is 138 Å². The SMILES string of the molecule is Cn1c2ccccc2c2c([Si](C)(C)C)c(B(c3c(F)c(F)c(F)c(F)c3F)c3c(F)c(F)c(F)c(F)c3F)c(-c3c(F)c(F)c(F)c(F)c3F)c([Si](C)(C)C)c21. The highest BCUT2D eigenvalue weighted by Gasteiger charge is 2.48. The van der Waals surface area contributed by atoms with Crippen LogP contribution >= 0.6 is 0 Å². The van der Waals surface area contributed by atoms with Crippen molar-refractivity contribution in [3.8, 4) is 11.1 Å². The van der Waals surface area contributed by atoms with E-state index in [-0.39, 0.29) is 26.7 Å². The van der Waals surface area contributed by atoms with Crippen molar-refractivity contribution in [2.75, 3.05) is 0 Å². The second-order valence-corrected chi connectivity index (χ2v) is 25.2. The van der Waals surface area contributed by atoms with Crippen LogP contribution < -0.4 is 26.8 Å². The van der Waals surface area contributed by atoms with Crippen molar-refractivity contribution in [2.24, 2.45) is 7.05 Å². The molecule has 0 spiro atoms. The second kappa shape index (κ2) is 13.5. The third-order valence-corrected chi connectivity index (χ3v) is 13.7. The Morgan fingerprint density at radius 3 is 1.12 bits per heavy atom. The van der Waals surface area contributed by atoms with Crippen molar-refractivity contribution in [1.82, 2.24) is 4.57 Å². The van der Waals surface area contributed by atoms with Crippen LogP contribution in [-0.2, 0) is 7.05 Å². The normalized spacial score (nSPS) is 12.5. The van der Waals surface area contributed by atoms with Crippen LogP contribution in [-0.4, -0.2) is 27.4 Å². The van der Waals surface area contributed by atoms with Crippen molar-refractivity contribution in [1.29, 1.82) is 0 Å². The average molecular weight is 836 g/mol. The minimum absolute atomic E-state index is 0.0000531. The van der Waals surface area contributed by atoms with Gasteiger partial charge in [0, 0.05) is 39.8 Å². The first-order chi connectivity index (χ1) is 25.8. The van der Waals surface area contributed by atoms with Gasteiger partial charge in [-0.15, -0.1) is 0 Å². The lowest BCUT2D eigenvalue weighted by molar-refractivity contribution is 0.381. The Bertz CT molecular complexity index is 2540. The topological polar surface area (TPSA) is 4.93 Å². The van der Waals surface area contributed by atoms with Gasteiger partial charge in [0.25, 0.3) is 6.71 Å². The predicted octanol–water partition coefficient (Wildman–Crippen LogP) is 8.69. The number of hydrogen-bond donors (Lipinski definition) is 0. The van der Waals surface area contributed by atoms with Crippen LogP contribution in [0.2, 0.25) is 39.3 Å². The molecule has 5 aromatic carbocycles. The van der Waals surface area contributed by atoms with E-state index in [9.17, 15) is 13.2 Å². The van der Waals surface area contributed by atoms with Crippen LogP contribution in [0.15, 0.2) is 24.3 Å². The lowest BCUT2D eigenvalue weighted by atomic mass is 9.35. The molecule has 6 rings (SSSR count). The quantitative estimate of drug-likeness (QED) is 0.0686. The van der Waals surface area contributed by atoms with Gasteiger partial charge in [0.05, 0.1) is 21.7 Å². The maximum absolute atomic E-state index is 16.4. The van der Waals surface area contributed by atoms with E-state index in [1.807, 2.05) is 0 Å². The zero-order valence-corrected chi connectivity index (χ0v) is 32.0. The molecule has 0 fully saturated rings. The molecule has 19 heteroatoms. The van der Waals surface area contributed by atoms with Crippen molar-refractivity contribution in [3.63, 3.8) is 0 Å². The number of nitrogens with zero attached hydrogens (tertiary/aromatic N) is 1. The van der Waals surface area contributed by atoms with Gasteiger partial charge in [-0.1, -0.05) is 68.1 Å². The Kier molecular flexibility index (Phi) is 9.87. The van der Waals surface area contributed by atoms with Gasteiger partial charge < -0.3 is 4.57 Å². The van der Waals surface area contributed by atoms with Crippen molar-refractivity contribution in [3.05, 3.63) is 112 Å². The van der Waals surface area contributed by atoms with Crippen LogP contribution in [0, 0.1) is 87.3 Å². The van der Waals surface area contributed by atoms with E-state index in [0.29, 0.717) is 5.52 Å². The summed E-state index contributed by atoms with van der Waals surface area (Å²) in [6.45, 7) is 5.33. The molecule has 1 nitrogen and oxygen atoms in total. The summed E-state index contributed by atoms with van der Waals surface area (Å²) in [6, 6.07) is 6.04. The van der Waals surface area contributed by atoms with Gasteiger partial charge in [0.15, 0.2) is 81.4 Å². The molecule has 0 bridgehead atoms. The van der Waals surface area contributed by atoms with E-state index in [2.05, 4.69) is 0 Å². The zero-order valence-electron chi connectivity index (χ0n) is 30.0. The summed E-state index contributed by atoms with van der Waals surface area (Å²) >= 11 is 0. The summed E-state index contributed by atoms with van der Waals surface area (Å²) in [5, 5.41) is -0.479. The van der Waals surface area contributed by atoms with E-state index in [1.54, 1.807) is 6.07 Å². The van der Waals surface area contributed by atoms with Gasteiger partial charge in [0.2, 0.25) is 5.82 Å². The molecule has 0 aliphatic rings. The molecule has 0 atom stereocenters. The minimum atomic E-state index is -3.66. The van der Waals surface area contributed by atoms with E-state index in [1.165, 1.54) is 69.1 Å². The maximum atomic E-state index is 16.4. The fourth-order valence-corrected chi connectivity index (χ4v) is 11.6. The summed E-state index contributed by atoms with van der Waals surface area (Å²) in [5.41, 5.74) is -8.40. The van der Waals surface area contributed by atoms with Gasteiger partial charge in [-0.3, -0.25) is 0 Å². The van der Waals surface area contributed by atoms with Gasteiger partial charge in [0.1, 0.15) is 0 Å². The molecule has 0 unspecified atom stereocenters. The molecule has 0 saturated carbocycles. The number of hydrogen-bond acceptors (Lipinski definition) is 0. The highest BCUT2D eigenvalue weighted by Crippen LogP contribution is 2.37. The van der Waals surface area contributed by atoms with Crippen molar-refractivity contribution < 1.29 is 65.9 Å². The molecule has 6 aromatic rings. The third-order valence-electron chi connectivity index (χ3n) is 9.70. The Balaban J connectivity index is 2.17. The molecule has 0 aliphatic heterocycles. The first kappa shape index (κ1) is 41.0. The molecule has 0 aliphatic carbocycles. The van der Waals surface area contributed by atoms with E-state index >= 15 is 52.7 Å². The number of para-hydroxylation sites is 1. The van der Waals surface area contributed by atoms with Crippen molar-refractivity contribution >= 4 is 71.4 Å². The van der Waals surface area contributed by atoms with Gasteiger partial charge in [-0.2, -0.15) is 0 Å². The molecule has 294 valence electrons. The minimum Gasteiger partial charge on any atom is -0.344 e. The summed E-state index contributed by atoms with van der Waals surface area (Å²) in [7, 11) is -5.78. The number of aryl methyl sites for hydroxylation is 1. The number of fused-ring (bicyclic) bond motifs is 3. The summed E-state index contributed by atoms with van der Waals surface area (Å²) in [5.74, 6) is -41.0. The van der Waals surface area contributed by atoms with Gasteiger partial charge >= 0.3 is 0 Å². The highest BCUT2D eigenvalue weighted by molar-refractivity contribution is 7.05. The summed E-state index contributed by atoms with van der Waals surface area (Å²) < 4.78 is 234. The Labute approximate surface area is 310 Å². The van der Waals surface area contributed by atoms with Crippen LogP contribution in [0.1, 0.15) is 0 Å². The van der Waals surface area contributed by atoms with Gasteiger partial charge in [-0.25, -0.2) is 65.9 Å². The largest absolute Gasteiger partial charge is 0.344 e. The standard InChI is InChI=1S/C37H25BF15NSi2/c1-54-13-11-9-8-10-12(13)14-35(54)37(56(5,6)7)15(16-20(39)26(45)32(51)27(46)21(16)40)17(36(14)55(2,3)4)38(18-22(41)28(47)33(52)29(48)23(18)42)19-24(43)30(49)34(53)31(50)25(19)44/h8-11H,1-7H3. The summed E-state index contributed by atoms with van der Waals surface area (Å²) in [4.78, 5) is 0. The fourth-order valence-electron chi connectivity index (χ4n) is 7.52.